The maximum atomic E-state index is 12.2. The van der Waals surface area contributed by atoms with Crippen LogP contribution in [0.5, 0.6) is 0 Å². The molecule has 34 heavy (non-hydrogen) atoms. The monoisotopic (exact) mass is 466 g/mol. The number of carboxylic acid groups (broad SMARTS) is 1. The fourth-order valence-electron chi connectivity index (χ4n) is 4.41. The molecule has 7 heteroatoms. The fraction of sp³-hybridized carbons (Fsp3) is 0.444. The lowest BCUT2D eigenvalue weighted by atomic mass is 9.98. The Hall–Kier alpha value is -3.35. The van der Waals surface area contributed by atoms with Crippen LogP contribution in [0.4, 0.5) is 4.79 Å². The Morgan fingerprint density at radius 3 is 2.21 bits per heavy atom. The number of aliphatic carboxylic acids is 1. The molecule has 1 unspecified atom stereocenters. The van der Waals surface area contributed by atoms with E-state index in [-0.39, 0.29) is 25.0 Å². The van der Waals surface area contributed by atoms with E-state index in [9.17, 15) is 14.4 Å². The van der Waals surface area contributed by atoms with Crippen molar-refractivity contribution in [1.29, 1.82) is 0 Å². The molecule has 1 aliphatic carbocycles. The van der Waals surface area contributed by atoms with E-state index in [0.717, 1.165) is 19.3 Å². The maximum Gasteiger partial charge on any atom is 0.407 e. The van der Waals surface area contributed by atoms with Gasteiger partial charge in [-0.15, -0.1) is 0 Å². The number of carbonyl (C=O) groups excluding carboxylic acids is 2. The predicted octanol–water partition coefficient (Wildman–Crippen LogP) is 4.70. The van der Waals surface area contributed by atoms with E-state index in [1.54, 1.807) is 0 Å². The summed E-state index contributed by atoms with van der Waals surface area (Å²) in [4.78, 5) is 35.2. The van der Waals surface area contributed by atoms with Gasteiger partial charge in [0.1, 0.15) is 6.61 Å². The number of carboxylic acids is 1. The SMILES string of the molecule is CCCC(CNC(=O)CCCCCNC(=O)OCC1c2ccccc2-c2ccccc21)C(=O)O. The fourth-order valence-corrected chi connectivity index (χ4v) is 4.41. The first kappa shape index (κ1) is 25.3. The first-order chi connectivity index (χ1) is 16.5. The van der Waals surface area contributed by atoms with Crippen LogP contribution in [0.2, 0.25) is 0 Å². The molecule has 7 nitrogen and oxygen atoms in total. The second kappa shape index (κ2) is 12.8. The Balaban J connectivity index is 1.30. The molecular weight excluding hydrogens is 432 g/mol. The van der Waals surface area contributed by atoms with Gasteiger partial charge in [0, 0.05) is 25.4 Å². The first-order valence-corrected chi connectivity index (χ1v) is 12.1. The van der Waals surface area contributed by atoms with Crippen molar-refractivity contribution < 1.29 is 24.2 Å². The van der Waals surface area contributed by atoms with Crippen molar-refractivity contribution in [2.45, 2.75) is 51.4 Å². The minimum Gasteiger partial charge on any atom is -0.481 e. The van der Waals surface area contributed by atoms with Crippen LogP contribution in [0.3, 0.4) is 0 Å². The molecule has 0 aliphatic heterocycles. The van der Waals surface area contributed by atoms with E-state index in [4.69, 9.17) is 9.84 Å². The molecule has 3 N–H and O–H groups in total. The van der Waals surface area contributed by atoms with E-state index in [2.05, 4.69) is 34.9 Å². The summed E-state index contributed by atoms with van der Waals surface area (Å²) in [6.07, 6.45) is 3.45. The van der Waals surface area contributed by atoms with Gasteiger partial charge in [0.2, 0.25) is 5.91 Å². The molecule has 1 aliphatic rings. The number of hydrogen-bond acceptors (Lipinski definition) is 4. The van der Waals surface area contributed by atoms with Crippen molar-refractivity contribution in [3.63, 3.8) is 0 Å². The molecule has 0 heterocycles. The molecule has 0 spiro atoms. The van der Waals surface area contributed by atoms with Crippen LogP contribution in [0.15, 0.2) is 48.5 Å². The normalized spacial score (nSPS) is 13.0. The molecule has 0 fully saturated rings. The van der Waals surface area contributed by atoms with E-state index >= 15 is 0 Å². The number of unbranched alkanes of at least 4 members (excludes halogenated alkanes) is 2. The number of hydrogen-bond donors (Lipinski definition) is 3. The molecule has 182 valence electrons. The molecule has 0 bridgehead atoms. The summed E-state index contributed by atoms with van der Waals surface area (Å²) < 4.78 is 5.52. The summed E-state index contributed by atoms with van der Waals surface area (Å²) in [6.45, 7) is 2.87. The Bertz CT molecular complexity index is 945. The van der Waals surface area contributed by atoms with E-state index < -0.39 is 18.0 Å². The van der Waals surface area contributed by atoms with Gasteiger partial charge >= 0.3 is 12.1 Å². The average molecular weight is 467 g/mol. The van der Waals surface area contributed by atoms with Crippen LogP contribution in [0, 0.1) is 5.92 Å². The van der Waals surface area contributed by atoms with Crippen LogP contribution in [-0.2, 0) is 14.3 Å². The highest BCUT2D eigenvalue weighted by molar-refractivity contribution is 5.79. The molecule has 0 radical (unpaired) electrons. The zero-order valence-corrected chi connectivity index (χ0v) is 19.7. The summed E-state index contributed by atoms with van der Waals surface area (Å²) in [5.74, 6) is -1.50. The summed E-state index contributed by atoms with van der Waals surface area (Å²) in [5.41, 5.74) is 4.75. The van der Waals surface area contributed by atoms with E-state index in [1.807, 2.05) is 31.2 Å². The Morgan fingerprint density at radius 2 is 1.59 bits per heavy atom. The Labute approximate surface area is 200 Å². The molecule has 2 aromatic rings. The first-order valence-electron chi connectivity index (χ1n) is 12.1. The molecule has 1 atom stereocenters. The van der Waals surface area contributed by atoms with Gasteiger partial charge in [-0.3, -0.25) is 9.59 Å². The molecular formula is C27H34N2O5. The lowest BCUT2D eigenvalue weighted by Crippen LogP contribution is -2.32. The highest BCUT2D eigenvalue weighted by atomic mass is 16.5. The number of ether oxygens (including phenoxy) is 1. The standard InChI is InChI=1S/C27H34N2O5/c1-2-10-19(26(31)32)17-29-25(30)15-4-3-9-16-28-27(33)34-18-24-22-13-7-5-11-20(22)21-12-6-8-14-23(21)24/h5-8,11-14,19,24H,2-4,9-10,15-18H2,1H3,(H,28,33)(H,29,30)(H,31,32). The van der Waals surface area contributed by atoms with Gasteiger partial charge in [-0.1, -0.05) is 68.3 Å². The van der Waals surface area contributed by atoms with Crippen molar-refractivity contribution >= 4 is 18.0 Å². The topological polar surface area (TPSA) is 105 Å². The maximum absolute atomic E-state index is 12.2. The smallest absolute Gasteiger partial charge is 0.407 e. The van der Waals surface area contributed by atoms with Gasteiger partial charge in [-0.25, -0.2) is 4.79 Å². The zero-order valence-electron chi connectivity index (χ0n) is 19.7. The minimum atomic E-state index is -0.874. The van der Waals surface area contributed by atoms with Gasteiger partial charge in [0.25, 0.3) is 0 Å². The van der Waals surface area contributed by atoms with Gasteiger partial charge < -0.3 is 20.5 Å². The van der Waals surface area contributed by atoms with Crippen molar-refractivity contribution in [2.24, 2.45) is 5.92 Å². The molecule has 2 amide bonds. The minimum absolute atomic E-state index is 0.0368. The highest BCUT2D eigenvalue weighted by Gasteiger charge is 2.28. The number of carbonyl (C=O) groups is 3. The van der Waals surface area contributed by atoms with Crippen LogP contribution >= 0.6 is 0 Å². The third-order valence-electron chi connectivity index (χ3n) is 6.23. The van der Waals surface area contributed by atoms with Crippen LogP contribution in [-0.4, -0.2) is 42.8 Å². The molecule has 2 aromatic carbocycles. The predicted molar refractivity (Wildman–Crippen MR) is 131 cm³/mol. The third-order valence-corrected chi connectivity index (χ3v) is 6.23. The van der Waals surface area contributed by atoms with Gasteiger partial charge in [0.05, 0.1) is 5.92 Å². The molecule has 0 saturated heterocycles. The van der Waals surface area contributed by atoms with E-state index in [0.29, 0.717) is 25.8 Å². The van der Waals surface area contributed by atoms with Gasteiger partial charge in [0.15, 0.2) is 0 Å². The largest absolute Gasteiger partial charge is 0.481 e. The summed E-state index contributed by atoms with van der Waals surface area (Å²) in [7, 11) is 0. The van der Waals surface area contributed by atoms with Gasteiger partial charge in [-0.2, -0.15) is 0 Å². The second-order valence-corrected chi connectivity index (χ2v) is 8.69. The number of rotatable bonds is 13. The number of nitrogens with one attached hydrogen (secondary N) is 2. The molecule has 0 aromatic heterocycles. The van der Waals surface area contributed by atoms with Gasteiger partial charge in [-0.05, 0) is 41.5 Å². The van der Waals surface area contributed by atoms with Crippen LogP contribution in [0.1, 0.15) is 62.5 Å². The molecule has 0 saturated carbocycles. The number of alkyl carbamates (subject to hydrolysis) is 1. The zero-order chi connectivity index (χ0) is 24.3. The Morgan fingerprint density at radius 1 is 0.941 bits per heavy atom. The lowest BCUT2D eigenvalue weighted by molar-refractivity contribution is -0.141. The van der Waals surface area contributed by atoms with Crippen molar-refractivity contribution in [1.82, 2.24) is 10.6 Å². The second-order valence-electron chi connectivity index (χ2n) is 8.69. The van der Waals surface area contributed by atoms with E-state index in [1.165, 1.54) is 22.3 Å². The summed E-state index contributed by atoms with van der Waals surface area (Å²) in [5, 5.41) is 14.6. The quantitative estimate of drug-likeness (QED) is 0.371. The lowest BCUT2D eigenvalue weighted by Gasteiger charge is -2.14. The van der Waals surface area contributed by atoms with Crippen molar-refractivity contribution in [3.8, 4) is 11.1 Å². The van der Waals surface area contributed by atoms with Crippen LogP contribution < -0.4 is 10.6 Å². The third kappa shape index (κ3) is 6.83. The summed E-state index contributed by atoms with van der Waals surface area (Å²) in [6, 6.07) is 16.4. The summed E-state index contributed by atoms with van der Waals surface area (Å²) >= 11 is 0. The van der Waals surface area contributed by atoms with Crippen LogP contribution in [0.25, 0.3) is 11.1 Å². The highest BCUT2D eigenvalue weighted by Crippen LogP contribution is 2.44. The van der Waals surface area contributed by atoms with Crippen molar-refractivity contribution in [3.05, 3.63) is 59.7 Å². The van der Waals surface area contributed by atoms with Crippen molar-refractivity contribution in [2.75, 3.05) is 19.7 Å². The number of amides is 2. The molecule has 3 rings (SSSR count). The Kier molecular flexibility index (Phi) is 9.50. The number of fused-ring (bicyclic) bond motifs is 3. The number of benzene rings is 2. The average Bonchev–Trinajstić information content (AvgIpc) is 3.16.